The van der Waals surface area contributed by atoms with Crippen LogP contribution in [0.5, 0.6) is 11.5 Å². The van der Waals surface area contributed by atoms with E-state index in [0.29, 0.717) is 33.8 Å². The lowest BCUT2D eigenvalue weighted by atomic mass is 10.1. The number of amides is 1. The summed E-state index contributed by atoms with van der Waals surface area (Å²) in [4.78, 5) is 17.7. The molecule has 0 fully saturated rings. The van der Waals surface area contributed by atoms with E-state index in [2.05, 4.69) is 15.6 Å². The zero-order valence-corrected chi connectivity index (χ0v) is 16.4. The van der Waals surface area contributed by atoms with Gasteiger partial charge in [0, 0.05) is 28.5 Å². The first-order chi connectivity index (χ1) is 13.1. The third-order valence-corrected chi connectivity index (χ3v) is 4.91. The molecule has 0 aliphatic carbocycles. The Hall–Kier alpha value is -2.77. The number of hydrogen-bond acceptors (Lipinski definition) is 6. The molecule has 1 heterocycles. The topological polar surface area (TPSA) is 72.5 Å². The van der Waals surface area contributed by atoms with E-state index >= 15 is 0 Å². The van der Waals surface area contributed by atoms with Gasteiger partial charge in [0.1, 0.15) is 0 Å². The second-order valence-corrected chi connectivity index (χ2v) is 7.20. The van der Waals surface area contributed by atoms with Crippen molar-refractivity contribution in [3.63, 3.8) is 0 Å². The van der Waals surface area contributed by atoms with Crippen molar-refractivity contribution in [3.8, 4) is 11.5 Å². The van der Waals surface area contributed by atoms with Crippen molar-refractivity contribution < 1.29 is 14.3 Å². The number of hydrogen-bond donors (Lipinski definition) is 2. The second kappa shape index (κ2) is 8.75. The van der Waals surface area contributed by atoms with Crippen LogP contribution in [0.4, 0.5) is 11.4 Å². The molecule has 0 radical (unpaired) electrons. The molecule has 0 spiro atoms. The van der Waals surface area contributed by atoms with E-state index in [-0.39, 0.29) is 5.91 Å². The summed E-state index contributed by atoms with van der Waals surface area (Å²) in [7, 11) is 3.11. The van der Waals surface area contributed by atoms with E-state index in [0.717, 1.165) is 10.6 Å². The molecule has 2 aromatic carbocycles. The molecule has 0 saturated heterocycles. The predicted molar refractivity (Wildman–Crippen MR) is 108 cm³/mol. The average Bonchev–Trinajstić information content (AvgIpc) is 3.11. The molecule has 140 valence electrons. The summed E-state index contributed by atoms with van der Waals surface area (Å²) >= 11 is 7.25. The highest BCUT2D eigenvalue weighted by Gasteiger charge is 2.13. The lowest BCUT2D eigenvalue weighted by Crippen LogP contribution is -2.14. The first-order valence-corrected chi connectivity index (χ1v) is 9.26. The predicted octanol–water partition coefficient (Wildman–Crippen LogP) is 4.68. The summed E-state index contributed by atoms with van der Waals surface area (Å²) in [6.45, 7) is 0.533. The maximum absolute atomic E-state index is 12.8. The summed E-state index contributed by atoms with van der Waals surface area (Å²) in [5.41, 5.74) is 1.87. The van der Waals surface area contributed by atoms with E-state index in [1.807, 2.05) is 18.2 Å². The van der Waals surface area contributed by atoms with Gasteiger partial charge in [0.05, 0.1) is 26.3 Å². The monoisotopic (exact) mass is 403 g/mol. The van der Waals surface area contributed by atoms with Gasteiger partial charge in [-0.25, -0.2) is 4.98 Å². The van der Waals surface area contributed by atoms with Crippen LogP contribution in [0, 0.1) is 0 Å². The normalized spacial score (nSPS) is 10.3. The van der Waals surface area contributed by atoms with Gasteiger partial charge in [-0.3, -0.25) is 4.79 Å². The number of anilines is 2. The molecular weight excluding hydrogens is 386 g/mol. The van der Waals surface area contributed by atoms with E-state index in [9.17, 15) is 4.79 Å². The van der Waals surface area contributed by atoms with Crippen molar-refractivity contribution in [2.75, 3.05) is 24.9 Å². The Bertz CT molecular complexity index is 945. The second-order valence-electron chi connectivity index (χ2n) is 5.50. The summed E-state index contributed by atoms with van der Waals surface area (Å²) in [6, 6.07) is 12.5. The highest BCUT2D eigenvalue weighted by molar-refractivity contribution is 7.15. The molecule has 1 aromatic heterocycles. The van der Waals surface area contributed by atoms with Crippen LogP contribution in [0.25, 0.3) is 0 Å². The van der Waals surface area contributed by atoms with Crippen LogP contribution in [0.3, 0.4) is 0 Å². The first-order valence-electron chi connectivity index (χ1n) is 8.07. The zero-order valence-electron chi connectivity index (χ0n) is 14.8. The molecule has 0 saturated carbocycles. The van der Waals surface area contributed by atoms with Gasteiger partial charge in [-0.2, -0.15) is 0 Å². The Balaban J connectivity index is 1.75. The number of carbonyl (C=O) groups is 1. The fraction of sp³-hybridized carbons (Fsp3) is 0.158. The Labute approximate surface area is 166 Å². The number of methoxy groups -OCH3 is 2. The number of nitrogens with zero attached hydrogens (tertiary/aromatic N) is 1. The largest absolute Gasteiger partial charge is 0.493 e. The number of para-hydroxylation sites is 1. The molecule has 3 aromatic rings. The van der Waals surface area contributed by atoms with E-state index in [1.165, 1.54) is 11.3 Å². The Kier molecular flexibility index (Phi) is 6.16. The Morgan fingerprint density at radius 3 is 2.63 bits per heavy atom. The van der Waals surface area contributed by atoms with Gasteiger partial charge in [-0.1, -0.05) is 23.7 Å². The van der Waals surface area contributed by atoms with Crippen LogP contribution in [0.1, 0.15) is 15.2 Å². The van der Waals surface area contributed by atoms with Gasteiger partial charge >= 0.3 is 0 Å². The van der Waals surface area contributed by atoms with Crippen LogP contribution in [-0.4, -0.2) is 25.1 Å². The standard InChI is InChI=1S/C19H18ClN3O3S/c1-25-16-8-7-12(9-17(16)26-2)23-18(24)14-5-3-4-6-15(14)21-10-13-11-22-19(20)27-13/h3-9,11,21H,10H2,1-2H3,(H,23,24). The summed E-state index contributed by atoms with van der Waals surface area (Å²) in [6.07, 6.45) is 1.71. The average molecular weight is 404 g/mol. The van der Waals surface area contributed by atoms with Crippen molar-refractivity contribution in [2.45, 2.75) is 6.54 Å². The zero-order chi connectivity index (χ0) is 19.2. The van der Waals surface area contributed by atoms with Crippen molar-refractivity contribution >= 4 is 40.2 Å². The lowest BCUT2D eigenvalue weighted by molar-refractivity contribution is 0.102. The number of rotatable bonds is 7. The lowest BCUT2D eigenvalue weighted by Gasteiger charge is -2.13. The van der Waals surface area contributed by atoms with Gasteiger partial charge in [-0.15, -0.1) is 11.3 Å². The molecule has 8 heteroatoms. The first kappa shape index (κ1) is 19.0. The van der Waals surface area contributed by atoms with Gasteiger partial charge < -0.3 is 20.1 Å². The Morgan fingerprint density at radius 1 is 1.15 bits per heavy atom. The van der Waals surface area contributed by atoms with Crippen LogP contribution in [-0.2, 0) is 6.54 Å². The van der Waals surface area contributed by atoms with Crippen LogP contribution >= 0.6 is 22.9 Å². The highest BCUT2D eigenvalue weighted by atomic mass is 35.5. The molecule has 27 heavy (non-hydrogen) atoms. The Morgan fingerprint density at radius 2 is 1.93 bits per heavy atom. The minimum Gasteiger partial charge on any atom is -0.493 e. The van der Waals surface area contributed by atoms with Gasteiger partial charge in [0.2, 0.25) is 0 Å². The molecule has 0 aliphatic heterocycles. The number of ether oxygens (including phenoxy) is 2. The molecule has 3 rings (SSSR count). The van der Waals surface area contributed by atoms with Crippen molar-refractivity contribution in [1.82, 2.24) is 4.98 Å². The molecule has 0 atom stereocenters. The summed E-state index contributed by atoms with van der Waals surface area (Å²) in [5, 5.41) is 6.14. The third kappa shape index (κ3) is 4.69. The van der Waals surface area contributed by atoms with Gasteiger partial charge in [-0.05, 0) is 24.3 Å². The SMILES string of the molecule is COc1ccc(NC(=O)c2ccccc2NCc2cnc(Cl)s2)cc1OC. The smallest absolute Gasteiger partial charge is 0.257 e. The number of halogens is 1. The summed E-state index contributed by atoms with van der Waals surface area (Å²) < 4.78 is 11.0. The molecular formula is C19H18ClN3O3S. The highest BCUT2D eigenvalue weighted by Crippen LogP contribution is 2.30. The third-order valence-electron chi connectivity index (χ3n) is 3.79. The van der Waals surface area contributed by atoms with Crippen LogP contribution in [0.2, 0.25) is 4.47 Å². The quantitative estimate of drug-likeness (QED) is 0.599. The van der Waals surface area contributed by atoms with Crippen LogP contribution in [0.15, 0.2) is 48.7 Å². The number of aromatic nitrogens is 1. The van der Waals surface area contributed by atoms with Gasteiger partial charge in [0.15, 0.2) is 16.0 Å². The van der Waals surface area contributed by atoms with E-state index < -0.39 is 0 Å². The minimum absolute atomic E-state index is 0.229. The number of nitrogens with one attached hydrogen (secondary N) is 2. The fourth-order valence-corrected chi connectivity index (χ4v) is 3.41. The number of carbonyl (C=O) groups excluding carboxylic acids is 1. The van der Waals surface area contributed by atoms with Crippen LogP contribution < -0.4 is 20.1 Å². The fourth-order valence-electron chi connectivity index (χ4n) is 2.50. The van der Waals surface area contributed by atoms with Crippen molar-refractivity contribution in [1.29, 1.82) is 0 Å². The van der Waals surface area contributed by atoms with Crippen molar-refractivity contribution in [2.24, 2.45) is 0 Å². The molecule has 1 amide bonds. The van der Waals surface area contributed by atoms with E-state index in [4.69, 9.17) is 21.1 Å². The van der Waals surface area contributed by atoms with E-state index in [1.54, 1.807) is 44.7 Å². The molecule has 6 nitrogen and oxygen atoms in total. The molecule has 0 unspecified atom stereocenters. The maximum atomic E-state index is 12.8. The maximum Gasteiger partial charge on any atom is 0.257 e. The molecule has 2 N–H and O–H groups in total. The number of benzene rings is 2. The van der Waals surface area contributed by atoms with Crippen molar-refractivity contribution in [3.05, 3.63) is 63.6 Å². The summed E-state index contributed by atoms with van der Waals surface area (Å²) in [5.74, 6) is 0.914. The molecule has 0 bridgehead atoms. The van der Waals surface area contributed by atoms with Gasteiger partial charge in [0.25, 0.3) is 5.91 Å². The molecule has 0 aliphatic rings. The number of thiazole rings is 1. The minimum atomic E-state index is -0.229.